The summed E-state index contributed by atoms with van der Waals surface area (Å²) in [6, 6.07) is 8.84. The van der Waals surface area contributed by atoms with Crippen molar-refractivity contribution in [3.8, 4) is 11.5 Å². The lowest BCUT2D eigenvalue weighted by atomic mass is 10.1. The first-order valence-electron chi connectivity index (χ1n) is 6.21. The molecule has 0 aliphatic carbocycles. The van der Waals surface area contributed by atoms with Gasteiger partial charge in [-0.2, -0.15) is 0 Å². The highest BCUT2D eigenvalue weighted by Gasteiger charge is 2.20. The average Bonchev–Trinajstić information content (AvgIpc) is 2.55. The van der Waals surface area contributed by atoms with E-state index in [2.05, 4.69) is 5.32 Å². The van der Waals surface area contributed by atoms with E-state index in [1.54, 1.807) is 25.2 Å². The molecule has 2 aromatic carbocycles. The van der Waals surface area contributed by atoms with Gasteiger partial charge in [-0.25, -0.2) is 21.3 Å². The monoisotopic (exact) mass is 305 g/mol. The normalized spacial score (nSPS) is 9.95. The third kappa shape index (κ3) is 3.00. The molecule has 0 fully saturated rings. The van der Waals surface area contributed by atoms with Crippen LogP contribution in [0.25, 0.3) is 10.8 Å². The topological polar surface area (TPSA) is 141 Å². The lowest BCUT2D eigenvalue weighted by Crippen LogP contribution is -2.34. The molecule has 0 atom stereocenters. The van der Waals surface area contributed by atoms with E-state index in [0.29, 0.717) is 11.1 Å². The van der Waals surface area contributed by atoms with Crippen LogP contribution in [-0.4, -0.2) is 19.2 Å². The Morgan fingerprint density at radius 2 is 1.59 bits per heavy atom. The molecule has 0 spiro atoms. The summed E-state index contributed by atoms with van der Waals surface area (Å²) in [6.07, 6.45) is -1.82. The summed E-state index contributed by atoms with van der Waals surface area (Å²) in [5, 5.41) is 4.19. The van der Waals surface area contributed by atoms with E-state index >= 15 is 0 Å². The predicted octanol–water partition coefficient (Wildman–Crippen LogP) is 0.806. The zero-order valence-electron chi connectivity index (χ0n) is 11.7. The zero-order chi connectivity index (χ0) is 16.1. The lowest BCUT2D eigenvalue weighted by Gasteiger charge is -2.16. The molecule has 0 aliphatic heterocycles. The second kappa shape index (κ2) is 6.61. The van der Waals surface area contributed by atoms with Crippen LogP contribution in [0, 0.1) is 0 Å². The molecule has 0 radical (unpaired) electrons. The third-order valence-corrected chi connectivity index (χ3v) is 2.85. The highest BCUT2D eigenvalue weighted by Crippen LogP contribution is 2.42. The molecule has 0 aliphatic rings. The fourth-order valence-electron chi connectivity index (χ4n) is 1.93. The third-order valence-electron chi connectivity index (χ3n) is 2.85. The fraction of sp³-hybridized carbons (Fsp3) is 0.0769. The summed E-state index contributed by atoms with van der Waals surface area (Å²) in [5.74, 6) is 10.1. The SMILES string of the molecule is CNc1cc2ccccc2c(OC(=O)NN)c1OC(=O)NN. The molecule has 116 valence electrons. The zero-order valence-corrected chi connectivity index (χ0v) is 11.7. The number of carbonyl (C=O) groups is 2. The van der Waals surface area contributed by atoms with Crippen molar-refractivity contribution < 1.29 is 19.1 Å². The van der Waals surface area contributed by atoms with E-state index in [4.69, 9.17) is 21.2 Å². The minimum atomic E-state index is -0.912. The number of anilines is 1. The molecular formula is C13H15N5O4. The number of hydrazine groups is 2. The summed E-state index contributed by atoms with van der Waals surface area (Å²) < 4.78 is 10.2. The Balaban J connectivity index is 2.67. The van der Waals surface area contributed by atoms with Gasteiger partial charge >= 0.3 is 12.2 Å². The van der Waals surface area contributed by atoms with Gasteiger partial charge in [0.1, 0.15) is 0 Å². The van der Waals surface area contributed by atoms with Crippen molar-refractivity contribution in [2.75, 3.05) is 12.4 Å². The molecule has 2 rings (SSSR count). The molecule has 0 saturated carbocycles. The van der Waals surface area contributed by atoms with Crippen molar-refractivity contribution in [2.45, 2.75) is 0 Å². The van der Waals surface area contributed by atoms with Crippen LogP contribution in [-0.2, 0) is 0 Å². The van der Waals surface area contributed by atoms with Crippen LogP contribution in [0.2, 0.25) is 0 Å². The van der Waals surface area contributed by atoms with Gasteiger partial charge in [0.25, 0.3) is 0 Å². The molecule has 0 heterocycles. The first-order valence-corrected chi connectivity index (χ1v) is 6.21. The number of amides is 2. The van der Waals surface area contributed by atoms with Crippen LogP contribution in [0.1, 0.15) is 0 Å². The van der Waals surface area contributed by atoms with Crippen LogP contribution in [0.5, 0.6) is 11.5 Å². The first kappa shape index (κ1) is 15.4. The standard InChI is InChI=1S/C13H15N5O4/c1-16-9-6-7-4-2-3-5-8(7)10(21-12(19)17-14)11(9)22-13(20)18-15/h2-6,16H,14-15H2,1H3,(H,17,19)(H,18,20). The summed E-state index contributed by atoms with van der Waals surface area (Å²) in [6.45, 7) is 0. The molecule has 9 heteroatoms. The molecule has 0 saturated heterocycles. The van der Waals surface area contributed by atoms with Crippen LogP contribution < -0.4 is 37.3 Å². The molecule has 2 aromatic rings. The predicted molar refractivity (Wildman–Crippen MR) is 80.2 cm³/mol. The molecule has 0 aromatic heterocycles. The second-order valence-electron chi connectivity index (χ2n) is 4.12. The average molecular weight is 305 g/mol. The smallest absolute Gasteiger partial charge is 0.405 e. The summed E-state index contributed by atoms with van der Waals surface area (Å²) in [5.41, 5.74) is 4.12. The molecule has 0 unspecified atom stereocenters. The number of ether oxygens (including phenoxy) is 2. The van der Waals surface area contributed by atoms with Crippen LogP contribution in [0.3, 0.4) is 0 Å². The number of benzene rings is 2. The number of hydrogen-bond acceptors (Lipinski definition) is 7. The van der Waals surface area contributed by atoms with Crippen LogP contribution in [0.4, 0.5) is 15.3 Å². The maximum Gasteiger partial charge on any atom is 0.427 e. The summed E-state index contributed by atoms with van der Waals surface area (Å²) in [4.78, 5) is 22.9. The Morgan fingerprint density at radius 1 is 1.00 bits per heavy atom. The maximum atomic E-state index is 11.5. The van der Waals surface area contributed by atoms with E-state index in [0.717, 1.165) is 5.39 Å². The maximum absolute atomic E-state index is 11.5. The number of rotatable bonds is 3. The number of fused-ring (bicyclic) bond motifs is 1. The van der Waals surface area contributed by atoms with Gasteiger partial charge in [0, 0.05) is 12.4 Å². The number of carbonyl (C=O) groups excluding carboxylic acids is 2. The van der Waals surface area contributed by atoms with Gasteiger partial charge in [-0.15, -0.1) is 0 Å². The molecule has 2 amide bonds. The van der Waals surface area contributed by atoms with Crippen molar-refractivity contribution in [2.24, 2.45) is 11.7 Å². The van der Waals surface area contributed by atoms with Gasteiger partial charge in [0.15, 0.2) is 11.5 Å². The highest BCUT2D eigenvalue weighted by molar-refractivity contribution is 5.98. The Morgan fingerprint density at radius 3 is 2.18 bits per heavy atom. The molecule has 22 heavy (non-hydrogen) atoms. The summed E-state index contributed by atoms with van der Waals surface area (Å²) in [7, 11) is 1.63. The Labute approximate surface area is 125 Å². The van der Waals surface area contributed by atoms with E-state index in [1.165, 1.54) is 0 Å². The Kier molecular flexibility index (Phi) is 4.61. The number of nitrogens with two attached hydrogens (primary N) is 2. The minimum absolute atomic E-state index is 0.00718. The van der Waals surface area contributed by atoms with Gasteiger partial charge in [-0.3, -0.25) is 10.9 Å². The van der Waals surface area contributed by atoms with Crippen molar-refractivity contribution in [3.05, 3.63) is 30.3 Å². The molecule has 9 nitrogen and oxygen atoms in total. The van der Waals surface area contributed by atoms with Gasteiger partial charge in [-0.1, -0.05) is 24.3 Å². The van der Waals surface area contributed by atoms with Crippen molar-refractivity contribution in [1.29, 1.82) is 0 Å². The summed E-state index contributed by atoms with van der Waals surface area (Å²) >= 11 is 0. The first-order chi connectivity index (χ1) is 10.6. The second-order valence-corrected chi connectivity index (χ2v) is 4.12. The van der Waals surface area contributed by atoms with Crippen molar-refractivity contribution >= 4 is 28.6 Å². The van der Waals surface area contributed by atoms with E-state index < -0.39 is 12.2 Å². The Hall–Kier alpha value is -3.04. The molecule has 7 N–H and O–H groups in total. The van der Waals surface area contributed by atoms with Crippen LogP contribution >= 0.6 is 0 Å². The van der Waals surface area contributed by atoms with Crippen LogP contribution in [0.15, 0.2) is 30.3 Å². The van der Waals surface area contributed by atoms with Crippen molar-refractivity contribution in [3.63, 3.8) is 0 Å². The Bertz CT molecular complexity index is 719. The number of nitrogens with one attached hydrogen (secondary N) is 3. The fourth-order valence-corrected chi connectivity index (χ4v) is 1.93. The van der Waals surface area contributed by atoms with E-state index in [1.807, 2.05) is 23.0 Å². The number of hydrogen-bond donors (Lipinski definition) is 5. The quantitative estimate of drug-likeness (QED) is 0.321. The van der Waals surface area contributed by atoms with Gasteiger partial charge in [-0.05, 0) is 11.5 Å². The van der Waals surface area contributed by atoms with Crippen molar-refractivity contribution in [1.82, 2.24) is 10.9 Å². The minimum Gasteiger partial charge on any atom is -0.405 e. The largest absolute Gasteiger partial charge is 0.427 e. The van der Waals surface area contributed by atoms with E-state index in [9.17, 15) is 9.59 Å². The molecule has 0 bridgehead atoms. The van der Waals surface area contributed by atoms with Gasteiger partial charge < -0.3 is 14.8 Å². The highest BCUT2D eigenvalue weighted by atomic mass is 16.6. The van der Waals surface area contributed by atoms with Gasteiger partial charge in [0.2, 0.25) is 0 Å². The lowest BCUT2D eigenvalue weighted by molar-refractivity contribution is 0.191. The van der Waals surface area contributed by atoms with E-state index in [-0.39, 0.29) is 11.5 Å². The van der Waals surface area contributed by atoms with Gasteiger partial charge in [0.05, 0.1) is 5.69 Å². The molecular weight excluding hydrogens is 290 g/mol.